The van der Waals surface area contributed by atoms with Gasteiger partial charge in [-0.15, -0.1) is 11.8 Å². The molecule has 0 amide bonds. The lowest BCUT2D eigenvalue weighted by Gasteiger charge is -2.19. The second-order valence-electron chi connectivity index (χ2n) is 3.32. The Hall–Kier alpha value is -0.0600. The topological polar surface area (TPSA) is 49.7 Å². The fraction of sp³-hybridized carbons (Fsp3) is 0.400. The smallest absolute Gasteiger partial charge is 0.163 e. The van der Waals surface area contributed by atoms with Gasteiger partial charge in [-0.25, -0.2) is 0 Å². The van der Waals surface area contributed by atoms with Gasteiger partial charge in [-0.3, -0.25) is 0 Å². The van der Waals surface area contributed by atoms with E-state index in [4.69, 9.17) is 26.5 Å². The SMILES string of the molecule is CSc1ccc(OP(=S)(CO)CO)cc1C. The number of aliphatic hydroxyl groups excluding tert-OH is 2. The molecule has 0 saturated carbocycles. The molecule has 0 fully saturated rings. The maximum Gasteiger partial charge on any atom is 0.163 e. The van der Waals surface area contributed by atoms with Crippen LogP contribution in [-0.4, -0.2) is 29.2 Å². The number of benzene rings is 1. The van der Waals surface area contributed by atoms with E-state index in [1.165, 1.54) is 4.90 Å². The van der Waals surface area contributed by atoms with Gasteiger partial charge in [0.05, 0.1) is 0 Å². The molecule has 0 atom stereocenters. The van der Waals surface area contributed by atoms with Crippen molar-refractivity contribution in [3.8, 4) is 5.75 Å². The standard InChI is InChI=1S/C10H15O3PS2/c1-8-5-9(3-4-10(8)16-2)13-14(15,6-11)7-12/h3-5,11-12H,6-7H2,1-2H3. The molecule has 0 aliphatic rings. The molecule has 3 nitrogen and oxygen atoms in total. The molecule has 0 spiro atoms. The zero-order valence-electron chi connectivity index (χ0n) is 9.21. The predicted molar refractivity (Wildman–Crippen MR) is 72.0 cm³/mol. The van der Waals surface area contributed by atoms with Gasteiger partial charge in [0, 0.05) is 4.90 Å². The summed E-state index contributed by atoms with van der Waals surface area (Å²) in [6.07, 6.45) is -1.08. The third-order valence-corrected chi connectivity index (χ3v) is 5.29. The molecule has 90 valence electrons. The highest BCUT2D eigenvalue weighted by atomic mass is 32.4. The molecular weight excluding hydrogens is 263 g/mol. The molecule has 0 saturated heterocycles. The normalized spacial score (nSPS) is 11.5. The minimum atomic E-state index is -2.51. The van der Waals surface area contributed by atoms with Crippen LogP contribution in [0.4, 0.5) is 0 Å². The summed E-state index contributed by atoms with van der Waals surface area (Å²) in [5, 5.41) is 18.1. The predicted octanol–water partition coefficient (Wildman–Crippen LogP) is 2.39. The molecule has 0 heterocycles. The highest BCUT2D eigenvalue weighted by Crippen LogP contribution is 2.45. The Bertz CT molecular complexity index is 401. The molecular formula is C10H15O3PS2. The molecule has 1 rings (SSSR count). The molecule has 2 N–H and O–H groups in total. The van der Waals surface area contributed by atoms with Crippen LogP contribution in [-0.2, 0) is 11.8 Å². The second-order valence-corrected chi connectivity index (χ2v) is 8.54. The largest absolute Gasteiger partial charge is 0.462 e. The lowest BCUT2D eigenvalue weighted by molar-refractivity contribution is 0.324. The van der Waals surface area contributed by atoms with Crippen molar-refractivity contribution in [2.45, 2.75) is 11.8 Å². The third-order valence-electron chi connectivity index (χ3n) is 2.07. The summed E-state index contributed by atoms with van der Waals surface area (Å²) in [5.74, 6) is 0.613. The zero-order valence-corrected chi connectivity index (χ0v) is 11.7. The number of rotatable bonds is 5. The van der Waals surface area contributed by atoms with Crippen molar-refractivity contribution in [2.75, 3.05) is 19.0 Å². The molecule has 0 unspecified atom stereocenters. The van der Waals surface area contributed by atoms with Gasteiger partial charge < -0.3 is 14.7 Å². The number of aliphatic hydroxyl groups is 2. The molecule has 1 aromatic rings. The van der Waals surface area contributed by atoms with Gasteiger partial charge in [-0.2, -0.15) is 0 Å². The summed E-state index contributed by atoms with van der Waals surface area (Å²) >= 11 is 6.74. The van der Waals surface area contributed by atoms with E-state index < -0.39 is 6.26 Å². The fourth-order valence-electron chi connectivity index (χ4n) is 1.20. The number of thioether (sulfide) groups is 1. The van der Waals surface area contributed by atoms with Crippen LogP contribution in [0.2, 0.25) is 0 Å². The van der Waals surface area contributed by atoms with Gasteiger partial charge >= 0.3 is 0 Å². The minimum Gasteiger partial charge on any atom is -0.462 e. The zero-order chi connectivity index (χ0) is 12.2. The van der Waals surface area contributed by atoms with Gasteiger partial charge in [-0.05, 0) is 48.7 Å². The fourth-order valence-corrected chi connectivity index (χ4v) is 2.75. The summed E-state index contributed by atoms with van der Waals surface area (Å²) in [7, 11) is 0. The van der Waals surface area contributed by atoms with Crippen LogP contribution >= 0.6 is 18.0 Å². The van der Waals surface area contributed by atoms with Crippen molar-refractivity contribution in [1.29, 1.82) is 0 Å². The first-order valence-electron chi connectivity index (χ1n) is 4.68. The first-order valence-corrected chi connectivity index (χ1v) is 9.00. The Kier molecular flexibility index (Phi) is 5.28. The van der Waals surface area contributed by atoms with E-state index in [1.807, 2.05) is 31.4 Å². The first-order chi connectivity index (χ1) is 7.54. The number of aryl methyl sites for hydroxylation is 1. The van der Waals surface area contributed by atoms with Gasteiger partial charge in [-0.1, -0.05) is 0 Å². The van der Waals surface area contributed by atoms with Gasteiger partial charge in [0.25, 0.3) is 0 Å². The van der Waals surface area contributed by atoms with E-state index in [1.54, 1.807) is 11.8 Å². The summed E-state index contributed by atoms with van der Waals surface area (Å²) in [5.41, 5.74) is 1.10. The van der Waals surface area contributed by atoms with Crippen molar-refractivity contribution < 1.29 is 14.7 Å². The van der Waals surface area contributed by atoms with Gasteiger partial charge in [0.1, 0.15) is 18.4 Å². The molecule has 16 heavy (non-hydrogen) atoms. The second kappa shape index (κ2) is 6.03. The maximum absolute atomic E-state index is 9.07. The Labute approximate surface area is 105 Å². The molecule has 6 heteroatoms. The molecule has 0 radical (unpaired) electrons. The Morgan fingerprint density at radius 2 is 2.00 bits per heavy atom. The lowest BCUT2D eigenvalue weighted by atomic mass is 10.2. The van der Waals surface area contributed by atoms with Crippen LogP contribution < -0.4 is 4.52 Å². The van der Waals surface area contributed by atoms with Crippen molar-refractivity contribution in [2.24, 2.45) is 0 Å². The molecule has 0 aromatic heterocycles. The van der Waals surface area contributed by atoms with Crippen molar-refractivity contribution in [3.05, 3.63) is 23.8 Å². The van der Waals surface area contributed by atoms with Crippen molar-refractivity contribution in [1.82, 2.24) is 0 Å². The Balaban J connectivity index is 2.91. The summed E-state index contributed by atoms with van der Waals surface area (Å²) in [6, 6.07) is 5.63. The monoisotopic (exact) mass is 278 g/mol. The van der Waals surface area contributed by atoms with Crippen molar-refractivity contribution >= 4 is 29.8 Å². The van der Waals surface area contributed by atoms with Crippen LogP contribution in [0.1, 0.15) is 5.56 Å². The molecule has 0 bridgehead atoms. The first kappa shape index (κ1) is 14.0. The van der Waals surface area contributed by atoms with Crippen LogP contribution in [0.5, 0.6) is 5.75 Å². The highest BCUT2D eigenvalue weighted by Gasteiger charge is 2.17. The average molecular weight is 278 g/mol. The minimum absolute atomic E-state index is 0.290. The molecule has 0 aliphatic carbocycles. The summed E-state index contributed by atoms with van der Waals surface area (Å²) in [4.78, 5) is 1.17. The molecule has 0 aliphatic heterocycles. The van der Waals surface area contributed by atoms with E-state index in [0.29, 0.717) is 5.75 Å². The Morgan fingerprint density at radius 3 is 2.44 bits per heavy atom. The lowest BCUT2D eigenvalue weighted by Crippen LogP contribution is -2.01. The van der Waals surface area contributed by atoms with Gasteiger partial charge in [0.2, 0.25) is 0 Å². The molecule has 1 aromatic carbocycles. The van der Waals surface area contributed by atoms with E-state index in [0.717, 1.165) is 5.56 Å². The van der Waals surface area contributed by atoms with Gasteiger partial charge in [0.15, 0.2) is 6.26 Å². The third kappa shape index (κ3) is 3.47. The van der Waals surface area contributed by atoms with E-state index >= 15 is 0 Å². The van der Waals surface area contributed by atoms with Crippen LogP contribution in [0.3, 0.4) is 0 Å². The highest BCUT2D eigenvalue weighted by molar-refractivity contribution is 8.12. The maximum atomic E-state index is 9.07. The quantitative estimate of drug-likeness (QED) is 0.640. The van der Waals surface area contributed by atoms with Crippen molar-refractivity contribution in [3.63, 3.8) is 0 Å². The Morgan fingerprint density at radius 1 is 1.38 bits per heavy atom. The van der Waals surface area contributed by atoms with Crippen LogP contribution in [0.25, 0.3) is 0 Å². The number of hydrogen-bond donors (Lipinski definition) is 2. The average Bonchev–Trinajstić information content (AvgIpc) is 2.29. The number of hydrogen-bond acceptors (Lipinski definition) is 5. The summed E-state index contributed by atoms with van der Waals surface area (Å²) < 4.78 is 5.50. The van der Waals surface area contributed by atoms with E-state index in [-0.39, 0.29) is 12.7 Å². The van der Waals surface area contributed by atoms with E-state index in [9.17, 15) is 0 Å². The van der Waals surface area contributed by atoms with Crippen LogP contribution in [0, 0.1) is 6.92 Å². The van der Waals surface area contributed by atoms with E-state index in [2.05, 4.69) is 0 Å². The van der Waals surface area contributed by atoms with Crippen LogP contribution in [0.15, 0.2) is 23.1 Å². The summed E-state index contributed by atoms with van der Waals surface area (Å²) in [6.45, 7) is 1.99.